The second kappa shape index (κ2) is 8.36. The lowest BCUT2D eigenvalue weighted by Gasteiger charge is -2.22. The molecule has 0 bridgehead atoms. The van der Waals surface area contributed by atoms with E-state index in [0.717, 1.165) is 25.9 Å². The van der Waals surface area contributed by atoms with Crippen molar-refractivity contribution in [3.05, 3.63) is 0 Å². The molecule has 0 aromatic carbocycles. The molecule has 1 aliphatic rings. The molecule has 4 N–H and O–H groups in total. The number of urea groups is 1. The van der Waals surface area contributed by atoms with Gasteiger partial charge >= 0.3 is 12.0 Å². The number of aliphatic carboxylic acids is 1. The Balaban J connectivity index is 2.14. The largest absolute Gasteiger partial charge is 0.480 e. The minimum absolute atomic E-state index is 0.235. The number of carboxylic acid groups (broad SMARTS) is 1. The summed E-state index contributed by atoms with van der Waals surface area (Å²) in [4.78, 5) is 35.2. The fraction of sp³-hybridized carbons (Fsp3) is 0.750. The van der Waals surface area contributed by atoms with Gasteiger partial charge in [-0.05, 0) is 25.9 Å². The van der Waals surface area contributed by atoms with Gasteiger partial charge in [-0.1, -0.05) is 6.92 Å². The lowest BCUT2D eigenvalue weighted by atomic mass is 10.2. The van der Waals surface area contributed by atoms with E-state index in [4.69, 9.17) is 5.11 Å². The Kier molecular flexibility index (Phi) is 6.78. The van der Waals surface area contributed by atoms with Crippen LogP contribution in [0.25, 0.3) is 0 Å². The first kappa shape index (κ1) is 16.2. The summed E-state index contributed by atoms with van der Waals surface area (Å²) in [7, 11) is 0. The van der Waals surface area contributed by atoms with Crippen LogP contribution in [0, 0.1) is 0 Å². The normalized spacial score (nSPS) is 18.6. The van der Waals surface area contributed by atoms with Crippen molar-refractivity contribution in [1.29, 1.82) is 0 Å². The topological polar surface area (TPSA) is 111 Å². The van der Waals surface area contributed by atoms with Gasteiger partial charge in [-0.2, -0.15) is 0 Å². The van der Waals surface area contributed by atoms with E-state index in [2.05, 4.69) is 27.8 Å². The van der Waals surface area contributed by atoms with E-state index >= 15 is 0 Å². The maximum Gasteiger partial charge on any atom is 0.322 e. The predicted molar refractivity (Wildman–Crippen MR) is 72.3 cm³/mol. The van der Waals surface area contributed by atoms with Crippen molar-refractivity contribution >= 4 is 17.9 Å². The summed E-state index contributed by atoms with van der Waals surface area (Å²) < 4.78 is 0. The average Bonchev–Trinajstić information content (AvgIpc) is 2.87. The predicted octanol–water partition coefficient (Wildman–Crippen LogP) is -1.03. The highest BCUT2D eigenvalue weighted by Crippen LogP contribution is 2.15. The van der Waals surface area contributed by atoms with Gasteiger partial charge in [0.05, 0.1) is 6.54 Å². The van der Waals surface area contributed by atoms with Gasteiger partial charge < -0.3 is 21.1 Å². The molecule has 0 aromatic heterocycles. The number of nitrogens with zero attached hydrogens (tertiary/aromatic N) is 1. The van der Waals surface area contributed by atoms with Gasteiger partial charge in [-0.15, -0.1) is 0 Å². The summed E-state index contributed by atoms with van der Waals surface area (Å²) >= 11 is 0. The van der Waals surface area contributed by atoms with E-state index < -0.39 is 24.5 Å². The number of likely N-dealkylation sites (N-methyl/N-ethyl adjacent to an activating group) is 1. The van der Waals surface area contributed by atoms with Gasteiger partial charge in [0.15, 0.2) is 0 Å². The third-order valence-electron chi connectivity index (χ3n) is 3.25. The molecule has 1 rings (SSSR count). The zero-order chi connectivity index (χ0) is 15.0. The van der Waals surface area contributed by atoms with E-state index in [1.54, 1.807) is 0 Å². The molecule has 114 valence electrons. The molecule has 3 amide bonds. The van der Waals surface area contributed by atoms with E-state index in [1.165, 1.54) is 0 Å². The number of nitrogens with one attached hydrogen (secondary N) is 3. The number of carbonyl (C=O) groups excluding carboxylic acids is 2. The Bertz CT molecular complexity index is 361. The Hall–Kier alpha value is -1.83. The highest BCUT2D eigenvalue weighted by atomic mass is 16.4. The van der Waals surface area contributed by atoms with Crippen molar-refractivity contribution in [1.82, 2.24) is 20.9 Å². The molecule has 1 saturated heterocycles. The number of likely N-dealkylation sites (tertiary alicyclic amines) is 1. The first-order valence-corrected chi connectivity index (χ1v) is 6.77. The summed E-state index contributed by atoms with van der Waals surface area (Å²) in [5.74, 6) is -1.65. The third kappa shape index (κ3) is 5.87. The molecular weight excluding hydrogens is 264 g/mol. The number of carboxylic acids is 1. The van der Waals surface area contributed by atoms with Crippen LogP contribution in [0.5, 0.6) is 0 Å². The molecular formula is C12H22N4O4. The molecule has 1 aliphatic heterocycles. The van der Waals surface area contributed by atoms with E-state index in [1.807, 2.05) is 0 Å². The summed E-state index contributed by atoms with van der Waals surface area (Å²) in [6, 6.07) is -0.0648. The van der Waals surface area contributed by atoms with Crippen molar-refractivity contribution in [2.75, 3.05) is 32.7 Å². The number of carbonyl (C=O) groups is 3. The third-order valence-corrected chi connectivity index (χ3v) is 3.25. The highest BCUT2D eigenvalue weighted by molar-refractivity contribution is 5.86. The lowest BCUT2D eigenvalue weighted by molar-refractivity contribution is -0.137. The Morgan fingerprint density at radius 3 is 2.60 bits per heavy atom. The molecule has 1 heterocycles. The minimum atomic E-state index is -1.12. The van der Waals surface area contributed by atoms with Crippen LogP contribution in [0.1, 0.15) is 19.8 Å². The summed E-state index contributed by atoms with van der Waals surface area (Å²) in [6.07, 6.45) is 2.20. The van der Waals surface area contributed by atoms with Crippen molar-refractivity contribution in [2.45, 2.75) is 25.8 Å². The van der Waals surface area contributed by atoms with Crippen molar-refractivity contribution in [2.24, 2.45) is 0 Å². The van der Waals surface area contributed by atoms with Crippen LogP contribution in [-0.2, 0) is 9.59 Å². The molecule has 0 spiro atoms. The van der Waals surface area contributed by atoms with Crippen LogP contribution >= 0.6 is 0 Å². The molecule has 0 aliphatic carbocycles. The Labute approximate surface area is 117 Å². The summed E-state index contributed by atoms with van der Waals surface area (Å²) in [6.45, 7) is 3.98. The molecule has 0 aromatic rings. The van der Waals surface area contributed by atoms with Crippen LogP contribution in [0.4, 0.5) is 4.79 Å². The van der Waals surface area contributed by atoms with Crippen molar-refractivity contribution in [3.8, 4) is 0 Å². The molecule has 1 atom stereocenters. The second-order valence-corrected chi connectivity index (χ2v) is 4.66. The zero-order valence-electron chi connectivity index (χ0n) is 11.6. The zero-order valence-corrected chi connectivity index (χ0v) is 11.6. The maximum absolute atomic E-state index is 11.5. The van der Waals surface area contributed by atoms with E-state index in [-0.39, 0.29) is 6.54 Å². The van der Waals surface area contributed by atoms with Gasteiger partial charge in [0.25, 0.3) is 0 Å². The fourth-order valence-corrected chi connectivity index (χ4v) is 2.21. The number of hydrogen-bond acceptors (Lipinski definition) is 4. The molecule has 1 unspecified atom stereocenters. The maximum atomic E-state index is 11.5. The Morgan fingerprint density at radius 1 is 1.20 bits per heavy atom. The van der Waals surface area contributed by atoms with Gasteiger partial charge in [0.1, 0.15) is 6.54 Å². The summed E-state index contributed by atoms with van der Waals surface area (Å²) in [5.41, 5.74) is 0. The van der Waals surface area contributed by atoms with Crippen LogP contribution in [-0.4, -0.2) is 66.7 Å². The van der Waals surface area contributed by atoms with Gasteiger partial charge in [0, 0.05) is 12.6 Å². The van der Waals surface area contributed by atoms with Crippen molar-refractivity contribution in [3.63, 3.8) is 0 Å². The monoisotopic (exact) mass is 286 g/mol. The molecule has 20 heavy (non-hydrogen) atoms. The smallest absolute Gasteiger partial charge is 0.322 e. The highest BCUT2D eigenvalue weighted by Gasteiger charge is 2.23. The van der Waals surface area contributed by atoms with Gasteiger partial charge in [-0.3, -0.25) is 14.5 Å². The SMILES string of the molecule is CCN1CCCC1CNC(=O)NCC(=O)NCC(=O)O. The molecule has 8 heteroatoms. The fourth-order valence-electron chi connectivity index (χ4n) is 2.21. The number of rotatable bonds is 7. The molecule has 8 nitrogen and oxygen atoms in total. The van der Waals surface area contributed by atoms with Crippen LogP contribution in [0.15, 0.2) is 0 Å². The number of amides is 3. The van der Waals surface area contributed by atoms with Gasteiger partial charge in [0.2, 0.25) is 5.91 Å². The van der Waals surface area contributed by atoms with Crippen molar-refractivity contribution < 1.29 is 19.5 Å². The Morgan fingerprint density at radius 2 is 1.95 bits per heavy atom. The standard InChI is InChI=1S/C12H22N4O4/c1-2-16-5-3-4-9(16)6-14-12(20)15-7-10(17)13-8-11(18)19/h9H,2-8H2,1H3,(H,13,17)(H,18,19)(H2,14,15,20). The van der Waals surface area contributed by atoms with Crippen LogP contribution in [0.3, 0.4) is 0 Å². The number of hydrogen-bond donors (Lipinski definition) is 4. The second-order valence-electron chi connectivity index (χ2n) is 4.66. The minimum Gasteiger partial charge on any atom is -0.480 e. The molecule has 1 fully saturated rings. The first-order valence-electron chi connectivity index (χ1n) is 6.77. The van der Waals surface area contributed by atoms with Crippen LogP contribution in [0.2, 0.25) is 0 Å². The van der Waals surface area contributed by atoms with Gasteiger partial charge in [-0.25, -0.2) is 4.79 Å². The van der Waals surface area contributed by atoms with E-state index in [0.29, 0.717) is 12.6 Å². The van der Waals surface area contributed by atoms with E-state index in [9.17, 15) is 14.4 Å². The first-order chi connectivity index (χ1) is 9.52. The van der Waals surface area contributed by atoms with Crippen LogP contribution < -0.4 is 16.0 Å². The molecule has 0 radical (unpaired) electrons. The molecule has 0 saturated carbocycles. The quantitative estimate of drug-likeness (QED) is 0.478. The average molecular weight is 286 g/mol. The lowest BCUT2D eigenvalue weighted by Crippen LogP contribution is -2.46. The summed E-state index contributed by atoms with van der Waals surface area (Å²) in [5, 5.41) is 15.6.